The molecule has 1 amide bonds. The summed E-state index contributed by atoms with van der Waals surface area (Å²) in [5.74, 6) is -0.0533. The van der Waals surface area contributed by atoms with Crippen molar-refractivity contribution in [2.75, 3.05) is 0 Å². The lowest BCUT2D eigenvalue weighted by Gasteiger charge is -2.22. The number of nitrogens with zero attached hydrogens (tertiary/aromatic N) is 3. The lowest BCUT2D eigenvalue weighted by molar-refractivity contribution is 0.0729. The van der Waals surface area contributed by atoms with E-state index in [9.17, 15) is 4.79 Å². The zero-order chi connectivity index (χ0) is 13.9. The maximum Gasteiger partial charge on any atom is 0.257 e. The van der Waals surface area contributed by atoms with Crippen molar-refractivity contribution in [1.29, 1.82) is 0 Å². The predicted molar refractivity (Wildman–Crippen MR) is 76.4 cm³/mol. The largest absolute Gasteiger partial charge is 0.331 e. The highest BCUT2D eigenvalue weighted by molar-refractivity contribution is 6.33. The molecule has 0 aliphatic heterocycles. The van der Waals surface area contributed by atoms with E-state index in [1.165, 1.54) is 6.20 Å². The molecule has 1 aliphatic carbocycles. The minimum atomic E-state index is -0.0533. The third-order valence-electron chi connectivity index (χ3n) is 3.35. The van der Waals surface area contributed by atoms with E-state index in [2.05, 4.69) is 9.97 Å². The molecule has 0 saturated heterocycles. The number of halogens is 1. The van der Waals surface area contributed by atoms with Crippen molar-refractivity contribution >= 4 is 17.5 Å². The van der Waals surface area contributed by atoms with Crippen LogP contribution >= 0.6 is 11.6 Å². The molecule has 2 heterocycles. The molecule has 4 nitrogen and oxygen atoms in total. The molecule has 0 unspecified atom stereocenters. The molecule has 0 N–H and O–H groups in total. The number of aromatic nitrogens is 2. The highest BCUT2D eigenvalue weighted by Gasteiger charge is 2.33. The smallest absolute Gasteiger partial charge is 0.257 e. The summed E-state index contributed by atoms with van der Waals surface area (Å²) in [6.45, 7) is 0.581. The van der Waals surface area contributed by atoms with Gasteiger partial charge in [-0.25, -0.2) is 0 Å². The van der Waals surface area contributed by atoms with Crippen molar-refractivity contribution < 1.29 is 4.79 Å². The van der Waals surface area contributed by atoms with Gasteiger partial charge in [-0.05, 0) is 36.6 Å². The molecule has 1 saturated carbocycles. The van der Waals surface area contributed by atoms with Gasteiger partial charge in [0, 0.05) is 37.4 Å². The number of carbonyl (C=O) groups excluding carboxylic acids is 1. The first kappa shape index (κ1) is 13.1. The standard InChI is InChI=1S/C15H14ClN3O/c16-14-5-8-18-9-13(14)15(20)19(12-1-2-12)10-11-3-6-17-7-4-11/h3-9,12H,1-2,10H2. The molecule has 5 heteroatoms. The predicted octanol–water partition coefficient (Wildman–Crippen LogP) is 2.93. The topological polar surface area (TPSA) is 46.1 Å². The van der Waals surface area contributed by atoms with Crippen LogP contribution < -0.4 is 0 Å². The van der Waals surface area contributed by atoms with Crippen LogP contribution in [0.4, 0.5) is 0 Å². The fourth-order valence-electron chi connectivity index (χ4n) is 2.13. The van der Waals surface area contributed by atoms with Gasteiger partial charge in [0.15, 0.2) is 0 Å². The quantitative estimate of drug-likeness (QED) is 0.868. The second-order valence-electron chi connectivity index (χ2n) is 4.88. The van der Waals surface area contributed by atoms with Gasteiger partial charge in [0.1, 0.15) is 0 Å². The van der Waals surface area contributed by atoms with Crippen molar-refractivity contribution in [3.8, 4) is 0 Å². The molecule has 3 rings (SSSR count). The minimum absolute atomic E-state index is 0.0533. The molecule has 0 spiro atoms. The summed E-state index contributed by atoms with van der Waals surface area (Å²) in [7, 11) is 0. The average molecular weight is 288 g/mol. The Morgan fingerprint density at radius 3 is 2.55 bits per heavy atom. The fourth-order valence-corrected chi connectivity index (χ4v) is 2.31. The molecule has 0 aromatic carbocycles. The highest BCUT2D eigenvalue weighted by Crippen LogP contribution is 2.30. The van der Waals surface area contributed by atoms with Crippen molar-refractivity contribution in [1.82, 2.24) is 14.9 Å². The van der Waals surface area contributed by atoms with E-state index >= 15 is 0 Å². The molecular weight excluding hydrogens is 274 g/mol. The number of rotatable bonds is 4. The molecule has 102 valence electrons. The SMILES string of the molecule is O=C(c1cnccc1Cl)N(Cc1ccncc1)C1CC1. The second-order valence-corrected chi connectivity index (χ2v) is 5.28. The maximum absolute atomic E-state index is 12.6. The first-order valence-electron chi connectivity index (χ1n) is 6.55. The van der Waals surface area contributed by atoms with Gasteiger partial charge in [-0.2, -0.15) is 0 Å². The molecule has 2 aromatic heterocycles. The average Bonchev–Trinajstić information content (AvgIpc) is 3.30. The molecule has 0 bridgehead atoms. The number of hydrogen-bond acceptors (Lipinski definition) is 3. The third-order valence-corrected chi connectivity index (χ3v) is 3.68. The van der Waals surface area contributed by atoms with E-state index in [0.29, 0.717) is 23.2 Å². The Bertz CT molecular complexity index is 614. The Balaban J connectivity index is 1.84. The van der Waals surface area contributed by atoms with Crippen molar-refractivity contribution in [2.45, 2.75) is 25.4 Å². The molecule has 0 atom stereocenters. The molecule has 1 aliphatic rings. The molecule has 1 fully saturated rings. The van der Waals surface area contributed by atoms with Crippen LogP contribution in [0.25, 0.3) is 0 Å². The third kappa shape index (κ3) is 2.80. The summed E-state index contributed by atoms with van der Waals surface area (Å²) in [5.41, 5.74) is 1.54. The summed E-state index contributed by atoms with van der Waals surface area (Å²) in [6, 6.07) is 5.81. The monoisotopic (exact) mass is 287 g/mol. The molecular formula is C15H14ClN3O. The van der Waals surface area contributed by atoms with Crippen LogP contribution in [-0.4, -0.2) is 26.8 Å². The Labute approximate surface area is 122 Å². The minimum Gasteiger partial charge on any atom is -0.331 e. The van der Waals surface area contributed by atoms with E-state index < -0.39 is 0 Å². The van der Waals surface area contributed by atoms with Crippen LogP contribution in [0.1, 0.15) is 28.8 Å². The van der Waals surface area contributed by atoms with Crippen LogP contribution in [-0.2, 0) is 6.54 Å². The fraction of sp³-hybridized carbons (Fsp3) is 0.267. The molecule has 2 aromatic rings. The normalized spacial score (nSPS) is 14.1. The number of hydrogen-bond donors (Lipinski definition) is 0. The highest BCUT2D eigenvalue weighted by atomic mass is 35.5. The summed E-state index contributed by atoms with van der Waals surface area (Å²) in [5, 5.41) is 0.449. The zero-order valence-electron chi connectivity index (χ0n) is 10.9. The van der Waals surface area contributed by atoms with Gasteiger partial charge in [-0.1, -0.05) is 11.6 Å². The van der Waals surface area contributed by atoms with Gasteiger partial charge in [-0.15, -0.1) is 0 Å². The summed E-state index contributed by atoms with van der Waals surface area (Å²) in [6.07, 6.45) is 8.70. The van der Waals surface area contributed by atoms with Crippen LogP contribution in [0, 0.1) is 0 Å². The van der Waals surface area contributed by atoms with Crippen molar-refractivity contribution in [3.05, 3.63) is 59.1 Å². The van der Waals surface area contributed by atoms with Crippen molar-refractivity contribution in [3.63, 3.8) is 0 Å². The van der Waals surface area contributed by atoms with Gasteiger partial charge >= 0.3 is 0 Å². The van der Waals surface area contributed by atoms with Crippen LogP contribution in [0.15, 0.2) is 43.0 Å². The number of amides is 1. The summed E-state index contributed by atoms with van der Waals surface area (Å²) < 4.78 is 0. The first-order chi connectivity index (χ1) is 9.75. The van der Waals surface area contributed by atoms with E-state index in [-0.39, 0.29) is 5.91 Å². The maximum atomic E-state index is 12.6. The Morgan fingerprint density at radius 1 is 1.20 bits per heavy atom. The summed E-state index contributed by atoms with van der Waals surface area (Å²) >= 11 is 6.09. The van der Waals surface area contributed by atoms with E-state index in [4.69, 9.17) is 11.6 Å². The second kappa shape index (κ2) is 5.59. The van der Waals surface area contributed by atoms with E-state index in [1.54, 1.807) is 24.7 Å². The lowest BCUT2D eigenvalue weighted by Crippen LogP contribution is -2.32. The summed E-state index contributed by atoms with van der Waals surface area (Å²) in [4.78, 5) is 22.5. The first-order valence-corrected chi connectivity index (χ1v) is 6.93. The van der Waals surface area contributed by atoms with Crippen LogP contribution in [0.5, 0.6) is 0 Å². The van der Waals surface area contributed by atoms with Gasteiger partial charge in [0.25, 0.3) is 5.91 Å². The van der Waals surface area contributed by atoms with E-state index in [1.807, 2.05) is 17.0 Å². The molecule has 0 radical (unpaired) electrons. The Morgan fingerprint density at radius 2 is 1.90 bits per heavy atom. The Hall–Kier alpha value is -1.94. The van der Waals surface area contributed by atoms with E-state index in [0.717, 1.165) is 18.4 Å². The van der Waals surface area contributed by atoms with Gasteiger partial charge in [0.2, 0.25) is 0 Å². The number of carbonyl (C=O) groups is 1. The van der Waals surface area contributed by atoms with Crippen LogP contribution in [0.2, 0.25) is 5.02 Å². The molecule has 20 heavy (non-hydrogen) atoms. The van der Waals surface area contributed by atoms with Gasteiger partial charge in [-0.3, -0.25) is 14.8 Å². The lowest BCUT2D eigenvalue weighted by atomic mass is 10.2. The van der Waals surface area contributed by atoms with Crippen molar-refractivity contribution in [2.24, 2.45) is 0 Å². The Kier molecular flexibility index (Phi) is 3.65. The number of pyridine rings is 2. The van der Waals surface area contributed by atoms with Gasteiger partial charge in [0.05, 0.1) is 10.6 Å². The zero-order valence-corrected chi connectivity index (χ0v) is 11.6. The van der Waals surface area contributed by atoms with Gasteiger partial charge < -0.3 is 4.90 Å². The van der Waals surface area contributed by atoms with Crippen LogP contribution in [0.3, 0.4) is 0 Å².